The van der Waals surface area contributed by atoms with Gasteiger partial charge in [0.1, 0.15) is 11.6 Å². The molecule has 1 aliphatic rings. The molecule has 0 spiro atoms. The maximum Gasteiger partial charge on any atom is 0.416 e. The van der Waals surface area contributed by atoms with Crippen LogP contribution in [0.5, 0.6) is 0 Å². The summed E-state index contributed by atoms with van der Waals surface area (Å²) in [6.45, 7) is 0.213. The van der Waals surface area contributed by atoms with Crippen molar-refractivity contribution in [3.05, 3.63) is 17.7 Å². The van der Waals surface area contributed by atoms with Crippen molar-refractivity contribution in [2.24, 2.45) is 0 Å². The van der Waals surface area contributed by atoms with E-state index in [4.69, 9.17) is 0 Å². The van der Waals surface area contributed by atoms with Gasteiger partial charge < -0.3 is 15.7 Å². The Labute approximate surface area is 121 Å². The minimum atomic E-state index is -4.42. The van der Waals surface area contributed by atoms with Crippen LogP contribution in [-0.2, 0) is 6.18 Å². The maximum atomic E-state index is 12.8. The van der Waals surface area contributed by atoms with Crippen LogP contribution in [0.3, 0.4) is 0 Å². The standard InChI is InChI=1S/C14H20F3N3O/c1-18-11-7-10(14(15,16)17)8-12(20-11)19-9-13(21)5-3-2-4-6-13/h7-8,21H,2-6,9H2,1H3,(H2,18,19,20). The van der Waals surface area contributed by atoms with Crippen molar-refractivity contribution in [1.29, 1.82) is 0 Å². The monoisotopic (exact) mass is 303 g/mol. The topological polar surface area (TPSA) is 57.2 Å². The normalized spacial score (nSPS) is 18.3. The first-order valence-corrected chi connectivity index (χ1v) is 7.06. The third-order valence-electron chi connectivity index (χ3n) is 3.79. The predicted octanol–water partition coefficient (Wildman–Crippen LogP) is 3.25. The van der Waals surface area contributed by atoms with Gasteiger partial charge in [0.25, 0.3) is 0 Å². The summed E-state index contributed by atoms with van der Waals surface area (Å²) in [6.07, 6.45) is -0.123. The second-order valence-corrected chi connectivity index (χ2v) is 5.51. The van der Waals surface area contributed by atoms with E-state index in [1.54, 1.807) is 0 Å². The largest absolute Gasteiger partial charge is 0.416 e. The first-order valence-electron chi connectivity index (χ1n) is 7.06. The molecular formula is C14H20F3N3O. The molecule has 2 rings (SSSR count). The minimum Gasteiger partial charge on any atom is -0.388 e. The maximum absolute atomic E-state index is 12.8. The van der Waals surface area contributed by atoms with Crippen molar-refractivity contribution in [2.75, 3.05) is 24.2 Å². The number of halogens is 3. The summed E-state index contributed by atoms with van der Waals surface area (Å²) in [4.78, 5) is 4.05. The summed E-state index contributed by atoms with van der Waals surface area (Å²) in [6, 6.07) is 1.92. The lowest BCUT2D eigenvalue weighted by molar-refractivity contribution is -0.137. The molecule has 1 fully saturated rings. The highest BCUT2D eigenvalue weighted by molar-refractivity contribution is 5.49. The van der Waals surface area contributed by atoms with Gasteiger partial charge >= 0.3 is 6.18 Å². The Bertz CT molecular complexity index is 485. The third-order valence-corrected chi connectivity index (χ3v) is 3.79. The summed E-state index contributed by atoms with van der Waals surface area (Å²) in [5.74, 6) is 0.260. The molecule has 7 heteroatoms. The number of rotatable bonds is 4. The summed E-state index contributed by atoms with van der Waals surface area (Å²) in [5.41, 5.74) is -1.62. The zero-order chi connectivity index (χ0) is 15.5. The number of anilines is 2. The Hall–Kier alpha value is -1.50. The molecule has 4 nitrogen and oxygen atoms in total. The highest BCUT2D eigenvalue weighted by atomic mass is 19.4. The lowest BCUT2D eigenvalue weighted by Crippen LogP contribution is -2.39. The smallest absolute Gasteiger partial charge is 0.388 e. The van der Waals surface area contributed by atoms with E-state index in [1.807, 2.05) is 0 Å². The first kappa shape index (κ1) is 15.9. The van der Waals surface area contributed by atoms with Crippen molar-refractivity contribution >= 4 is 11.6 Å². The van der Waals surface area contributed by atoms with Gasteiger partial charge in [-0.2, -0.15) is 13.2 Å². The van der Waals surface area contributed by atoms with E-state index >= 15 is 0 Å². The van der Waals surface area contributed by atoms with Crippen molar-refractivity contribution in [3.8, 4) is 0 Å². The van der Waals surface area contributed by atoms with Crippen LogP contribution in [0.15, 0.2) is 12.1 Å². The number of nitrogens with one attached hydrogen (secondary N) is 2. The van der Waals surface area contributed by atoms with Gasteiger partial charge in [0.2, 0.25) is 0 Å². The first-order chi connectivity index (χ1) is 9.82. The number of hydrogen-bond acceptors (Lipinski definition) is 4. The number of hydrogen-bond donors (Lipinski definition) is 3. The molecule has 0 atom stereocenters. The molecule has 0 aliphatic heterocycles. The highest BCUT2D eigenvalue weighted by Gasteiger charge is 2.32. The number of aromatic nitrogens is 1. The number of pyridine rings is 1. The third kappa shape index (κ3) is 4.23. The van der Waals surface area contributed by atoms with E-state index in [2.05, 4.69) is 15.6 Å². The molecule has 0 aromatic carbocycles. The van der Waals surface area contributed by atoms with Gasteiger partial charge in [-0.05, 0) is 25.0 Å². The van der Waals surface area contributed by atoms with Crippen LogP contribution < -0.4 is 10.6 Å². The van der Waals surface area contributed by atoms with E-state index < -0.39 is 17.3 Å². The Morgan fingerprint density at radius 2 is 1.81 bits per heavy atom. The molecule has 1 heterocycles. The van der Waals surface area contributed by atoms with Crippen LogP contribution in [0.25, 0.3) is 0 Å². The molecule has 1 aromatic heterocycles. The van der Waals surface area contributed by atoms with Crippen molar-refractivity contribution in [1.82, 2.24) is 4.98 Å². The van der Waals surface area contributed by atoms with Gasteiger partial charge in [0.05, 0.1) is 11.2 Å². The Morgan fingerprint density at radius 3 is 2.38 bits per heavy atom. The fraction of sp³-hybridized carbons (Fsp3) is 0.643. The minimum absolute atomic E-state index is 0.119. The molecule has 0 unspecified atom stereocenters. The van der Waals surface area contributed by atoms with Crippen LogP contribution in [0, 0.1) is 0 Å². The van der Waals surface area contributed by atoms with Crippen molar-refractivity contribution in [2.45, 2.75) is 43.9 Å². The molecule has 3 N–H and O–H groups in total. The van der Waals surface area contributed by atoms with Crippen molar-refractivity contribution < 1.29 is 18.3 Å². The van der Waals surface area contributed by atoms with Gasteiger partial charge in [0, 0.05) is 13.6 Å². The van der Waals surface area contributed by atoms with E-state index in [0.29, 0.717) is 12.8 Å². The molecule has 1 saturated carbocycles. The van der Waals surface area contributed by atoms with Gasteiger partial charge in [0.15, 0.2) is 0 Å². The van der Waals surface area contributed by atoms with Gasteiger partial charge in [-0.3, -0.25) is 0 Å². The van der Waals surface area contributed by atoms with Crippen molar-refractivity contribution in [3.63, 3.8) is 0 Å². The number of nitrogens with zero attached hydrogens (tertiary/aromatic N) is 1. The number of aliphatic hydroxyl groups is 1. The molecule has 0 saturated heterocycles. The van der Waals surface area contributed by atoms with E-state index in [0.717, 1.165) is 31.4 Å². The molecule has 21 heavy (non-hydrogen) atoms. The zero-order valence-corrected chi connectivity index (χ0v) is 11.9. The summed E-state index contributed by atoms with van der Waals surface area (Å²) in [7, 11) is 1.51. The predicted molar refractivity (Wildman–Crippen MR) is 75.3 cm³/mol. The SMILES string of the molecule is CNc1cc(C(F)(F)F)cc(NCC2(O)CCCCC2)n1. The Morgan fingerprint density at radius 1 is 1.19 bits per heavy atom. The highest BCUT2D eigenvalue weighted by Crippen LogP contribution is 2.33. The zero-order valence-electron chi connectivity index (χ0n) is 11.9. The fourth-order valence-corrected chi connectivity index (χ4v) is 2.55. The van der Waals surface area contributed by atoms with Crippen LogP contribution in [-0.4, -0.2) is 29.3 Å². The molecule has 0 radical (unpaired) electrons. The quantitative estimate of drug-likeness (QED) is 0.799. The molecule has 118 valence electrons. The average molecular weight is 303 g/mol. The molecule has 0 bridgehead atoms. The Kier molecular flexibility index (Phi) is 4.61. The summed E-state index contributed by atoms with van der Waals surface area (Å²) < 4.78 is 38.5. The van der Waals surface area contributed by atoms with Crippen LogP contribution >= 0.6 is 0 Å². The molecule has 1 aliphatic carbocycles. The van der Waals surface area contributed by atoms with Crippen LogP contribution in [0.1, 0.15) is 37.7 Å². The summed E-state index contributed by atoms with van der Waals surface area (Å²) >= 11 is 0. The average Bonchev–Trinajstić information content (AvgIpc) is 2.45. The fourth-order valence-electron chi connectivity index (χ4n) is 2.55. The van der Waals surface area contributed by atoms with Crippen LogP contribution in [0.2, 0.25) is 0 Å². The van der Waals surface area contributed by atoms with Gasteiger partial charge in [-0.25, -0.2) is 4.98 Å². The Balaban J connectivity index is 2.12. The van der Waals surface area contributed by atoms with Gasteiger partial charge in [-0.1, -0.05) is 19.3 Å². The summed E-state index contributed by atoms with van der Waals surface area (Å²) in [5, 5.41) is 15.8. The van der Waals surface area contributed by atoms with Crippen LogP contribution in [0.4, 0.5) is 24.8 Å². The lowest BCUT2D eigenvalue weighted by atomic mass is 9.85. The molecule has 0 amide bonds. The molecular weight excluding hydrogens is 283 g/mol. The van der Waals surface area contributed by atoms with E-state index in [-0.39, 0.29) is 18.2 Å². The second-order valence-electron chi connectivity index (χ2n) is 5.51. The van der Waals surface area contributed by atoms with Gasteiger partial charge in [-0.15, -0.1) is 0 Å². The van der Waals surface area contributed by atoms with E-state index in [1.165, 1.54) is 7.05 Å². The molecule has 1 aromatic rings. The second kappa shape index (κ2) is 6.09. The number of alkyl halides is 3. The lowest BCUT2D eigenvalue weighted by Gasteiger charge is -2.32. The van der Waals surface area contributed by atoms with E-state index in [9.17, 15) is 18.3 Å².